The molecule has 0 aliphatic heterocycles. The monoisotopic (exact) mass is 172 g/mol. The van der Waals surface area contributed by atoms with Gasteiger partial charge in [-0.3, -0.25) is 0 Å². The molecule has 0 aromatic heterocycles. The number of hydrogen-bond acceptors (Lipinski definition) is 2. The van der Waals surface area contributed by atoms with Crippen molar-refractivity contribution in [3.05, 3.63) is 0 Å². The number of aliphatic hydroxyl groups excluding tert-OH is 2. The van der Waals surface area contributed by atoms with Gasteiger partial charge in [-0.15, -0.1) is 0 Å². The van der Waals surface area contributed by atoms with Crippen molar-refractivity contribution in [3.63, 3.8) is 0 Å². The van der Waals surface area contributed by atoms with Crippen LogP contribution in [0.15, 0.2) is 0 Å². The van der Waals surface area contributed by atoms with Gasteiger partial charge in [-0.2, -0.15) is 0 Å². The van der Waals surface area contributed by atoms with Crippen molar-refractivity contribution in [1.82, 2.24) is 0 Å². The number of aliphatic hydroxyl groups is 2. The van der Waals surface area contributed by atoms with Gasteiger partial charge in [0, 0.05) is 5.41 Å². The Morgan fingerprint density at radius 3 is 2.50 bits per heavy atom. The molecule has 1 fully saturated rings. The molecule has 1 rings (SSSR count). The largest absolute Gasteiger partial charge is 0.393 e. The van der Waals surface area contributed by atoms with Crippen molar-refractivity contribution in [2.75, 3.05) is 0 Å². The summed E-state index contributed by atoms with van der Waals surface area (Å²) in [5.41, 5.74) is -0.210. The third-order valence-electron chi connectivity index (χ3n) is 3.52. The van der Waals surface area contributed by atoms with Crippen LogP contribution in [0.3, 0.4) is 0 Å². The number of hydrogen-bond donors (Lipinski definition) is 2. The fourth-order valence-corrected chi connectivity index (χ4v) is 2.44. The summed E-state index contributed by atoms with van der Waals surface area (Å²) >= 11 is 0. The molecule has 3 atom stereocenters. The minimum atomic E-state index is -0.377. The minimum Gasteiger partial charge on any atom is -0.393 e. The lowest BCUT2D eigenvalue weighted by Crippen LogP contribution is -2.45. The smallest absolute Gasteiger partial charge is 0.0620 e. The van der Waals surface area contributed by atoms with Crippen molar-refractivity contribution >= 4 is 0 Å². The highest BCUT2D eigenvalue weighted by Gasteiger charge is 2.41. The van der Waals surface area contributed by atoms with Gasteiger partial charge in [0.05, 0.1) is 12.2 Å². The van der Waals surface area contributed by atoms with Gasteiger partial charge in [0.1, 0.15) is 0 Å². The van der Waals surface area contributed by atoms with Gasteiger partial charge in [-0.25, -0.2) is 0 Å². The summed E-state index contributed by atoms with van der Waals surface area (Å²) in [5, 5.41) is 19.5. The van der Waals surface area contributed by atoms with Crippen LogP contribution >= 0.6 is 0 Å². The molecule has 72 valence electrons. The molecule has 3 unspecified atom stereocenters. The molecule has 0 bridgehead atoms. The average Bonchev–Trinajstić information content (AvgIpc) is 2.05. The molecule has 12 heavy (non-hydrogen) atoms. The summed E-state index contributed by atoms with van der Waals surface area (Å²) in [6, 6.07) is 0. The second-order valence-electron chi connectivity index (χ2n) is 4.02. The summed E-state index contributed by atoms with van der Waals surface area (Å²) in [6.45, 7) is 3.86. The van der Waals surface area contributed by atoms with Gasteiger partial charge in [-0.1, -0.05) is 19.8 Å². The van der Waals surface area contributed by atoms with E-state index < -0.39 is 0 Å². The van der Waals surface area contributed by atoms with Gasteiger partial charge in [0.15, 0.2) is 0 Å². The normalized spacial score (nSPS) is 39.5. The Morgan fingerprint density at radius 2 is 2.17 bits per heavy atom. The van der Waals surface area contributed by atoms with Crippen molar-refractivity contribution in [2.24, 2.45) is 5.41 Å². The molecule has 1 saturated carbocycles. The topological polar surface area (TPSA) is 40.5 Å². The van der Waals surface area contributed by atoms with E-state index in [0.717, 1.165) is 32.1 Å². The van der Waals surface area contributed by atoms with E-state index in [1.807, 2.05) is 0 Å². The summed E-state index contributed by atoms with van der Waals surface area (Å²) < 4.78 is 0. The van der Waals surface area contributed by atoms with Crippen molar-refractivity contribution in [3.8, 4) is 0 Å². The van der Waals surface area contributed by atoms with Gasteiger partial charge in [0.25, 0.3) is 0 Å². The van der Waals surface area contributed by atoms with Crippen LogP contribution < -0.4 is 0 Å². The van der Waals surface area contributed by atoms with Crippen LogP contribution in [0.2, 0.25) is 0 Å². The molecule has 0 amide bonds. The molecule has 0 aromatic carbocycles. The molecule has 0 saturated heterocycles. The maximum absolute atomic E-state index is 9.83. The number of rotatable bonds is 2. The van der Waals surface area contributed by atoms with E-state index in [2.05, 4.69) is 6.92 Å². The van der Waals surface area contributed by atoms with E-state index in [0.29, 0.717) is 0 Å². The quantitative estimate of drug-likeness (QED) is 0.665. The summed E-state index contributed by atoms with van der Waals surface area (Å²) in [6.07, 6.45) is 4.30. The first kappa shape index (κ1) is 10.0. The molecular formula is C10H20O2. The highest BCUT2D eigenvalue weighted by atomic mass is 16.3. The molecule has 0 radical (unpaired) electrons. The Kier molecular flexibility index (Phi) is 3.13. The Hall–Kier alpha value is -0.0800. The van der Waals surface area contributed by atoms with Gasteiger partial charge < -0.3 is 10.2 Å². The van der Waals surface area contributed by atoms with Crippen LogP contribution in [0.5, 0.6) is 0 Å². The minimum absolute atomic E-state index is 0.210. The first-order chi connectivity index (χ1) is 5.63. The average molecular weight is 172 g/mol. The van der Waals surface area contributed by atoms with Crippen LogP contribution in [-0.2, 0) is 0 Å². The maximum atomic E-state index is 9.83. The molecule has 0 heterocycles. The van der Waals surface area contributed by atoms with Crippen LogP contribution in [0.1, 0.15) is 46.0 Å². The van der Waals surface area contributed by atoms with Gasteiger partial charge >= 0.3 is 0 Å². The first-order valence-electron chi connectivity index (χ1n) is 4.99. The fourth-order valence-electron chi connectivity index (χ4n) is 2.44. The Morgan fingerprint density at radius 1 is 1.50 bits per heavy atom. The lowest BCUT2D eigenvalue weighted by Gasteiger charge is -2.43. The van der Waals surface area contributed by atoms with E-state index in [4.69, 9.17) is 0 Å². The highest BCUT2D eigenvalue weighted by Crippen LogP contribution is 2.42. The molecule has 0 spiro atoms. The van der Waals surface area contributed by atoms with Crippen LogP contribution in [0, 0.1) is 5.41 Å². The van der Waals surface area contributed by atoms with E-state index in [1.165, 1.54) is 0 Å². The second kappa shape index (κ2) is 3.75. The van der Waals surface area contributed by atoms with Gasteiger partial charge in [0.2, 0.25) is 0 Å². The van der Waals surface area contributed by atoms with Gasteiger partial charge in [-0.05, 0) is 26.2 Å². The summed E-state index contributed by atoms with van der Waals surface area (Å²) in [4.78, 5) is 0. The standard InChI is InChI=1S/C10H20O2/c1-3-10(8(2)11)7-5-4-6-9(10)12/h8-9,11-12H,3-7H2,1-2H3. The molecule has 2 N–H and O–H groups in total. The van der Waals surface area contributed by atoms with Crippen LogP contribution in [-0.4, -0.2) is 22.4 Å². The van der Waals surface area contributed by atoms with E-state index in [9.17, 15) is 10.2 Å². The predicted molar refractivity (Wildman–Crippen MR) is 48.9 cm³/mol. The summed E-state index contributed by atoms with van der Waals surface area (Å²) in [5.74, 6) is 0. The molecule has 2 heteroatoms. The van der Waals surface area contributed by atoms with E-state index >= 15 is 0 Å². The Labute approximate surface area is 74.6 Å². The third-order valence-corrected chi connectivity index (χ3v) is 3.52. The Bertz CT molecular complexity index is 145. The zero-order valence-corrected chi connectivity index (χ0v) is 8.08. The SMILES string of the molecule is CCC1(C(C)O)CCCCC1O. The fraction of sp³-hybridized carbons (Fsp3) is 1.00. The van der Waals surface area contributed by atoms with Crippen molar-refractivity contribution in [2.45, 2.75) is 58.2 Å². The molecule has 1 aliphatic carbocycles. The zero-order chi connectivity index (χ0) is 9.19. The van der Waals surface area contributed by atoms with Crippen LogP contribution in [0.4, 0.5) is 0 Å². The maximum Gasteiger partial charge on any atom is 0.0620 e. The van der Waals surface area contributed by atoms with Crippen molar-refractivity contribution < 1.29 is 10.2 Å². The lowest BCUT2D eigenvalue weighted by atomic mass is 9.67. The molecule has 1 aliphatic rings. The molecular weight excluding hydrogens is 152 g/mol. The third kappa shape index (κ3) is 1.50. The first-order valence-corrected chi connectivity index (χ1v) is 4.99. The van der Waals surface area contributed by atoms with E-state index in [-0.39, 0.29) is 17.6 Å². The van der Waals surface area contributed by atoms with E-state index in [1.54, 1.807) is 6.92 Å². The zero-order valence-electron chi connectivity index (χ0n) is 8.08. The predicted octanol–water partition coefficient (Wildman–Crippen LogP) is 1.70. The lowest BCUT2D eigenvalue weighted by molar-refractivity contribution is -0.0896. The van der Waals surface area contributed by atoms with Crippen LogP contribution in [0.25, 0.3) is 0 Å². The second-order valence-corrected chi connectivity index (χ2v) is 4.02. The van der Waals surface area contributed by atoms with Crippen molar-refractivity contribution in [1.29, 1.82) is 0 Å². The molecule has 2 nitrogen and oxygen atoms in total. The highest BCUT2D eigenvalue weighted by molar-refractivity contribution is 4.92. The molecule has 0 aromatic rings. The Balaban J connectivity index is 2.73. The summed E-state index contributed by atoms with van der Waals surface area (Å²) in [7, 11) is 0.